The summed E-state index contributed by atoms with van der Waals surface area (Å²) >= 11 is 3.19. The van der Waals surface area contributed by atoms with E-state index in [4.69, 9.17) is 10.7 Å². The zero-order valence-electron chi connectivity index (χ0n) is 10.9. The molecule has 0 fully saturated rings. The van der Waals surface area contributed by atoms with Crippen LogP contribution in [-0.2, 0) is 6.42 Å². The van der Waals surface area contributed by atoms with Crippen LogP contribution in [0.2, 0.25) is 0 Å². The quantitative estimate of drug-likeness (QED) is 0.908. The molecule has 0 aliphatic carbocycles. The third-order valence-electron chi connectivity index (χ3n) is 3.02. The van der Waals surface area contributed by atoms with Crippen molar-refractivity contribution in [2.75, 3.05) is 5.73 Å². The number of anilines is 1. The molecule has 2 N–H and O–H groups in total. The second-order valence-corrected chi connectivity index (χ2v) is 6.18. The van der Waals surface area contributed by atoms with Crippen LogP contribution in [-0.4, -0.2) is 15.2 Å². The van der Waals surface area contributed by atoms with Gasteiger partial charge < -0.3 is 5.73 Å². The fourth-order valence-corrected chi connectivity index (χ4v) is 4.04. The molecule has 0 aromatic carbocycles. The van der Waals surface area contributed by atoms with E-state index < -0.39 is 0 Å². The molecular weight excluding hydrogens is 264 g/mol. The van der Waals surface area contributed by atoms with Crippen molar-refractivity contribution >= 4 is 27.8 Å². The van der Waals surface area contributed by atoms with E-state index in [1.165, 1.54) is 16.3 Å². The van der Waals surface area contributed by atoms with Gasteiger partial charge in [0.25, 0.3) is 0 Å². The maximum absolute atomic E-state index is 5.66. The SMILES string of the molecule is CCc1nc(C(CC)CC)sc1-c1nnc(N)s1. The van der Waals surface area contributed by atoms with E-state index in [1.54, 1.807) is 11.3 Å². The van der Waals surface area contributed by atoms with Gasteiger partial charge in [-0.3, -0.25) is 0 Å². The summed E-state index contributed by atoms with van der Waals surface area (Å²) in [4.78, 5) is 5.92. The highest BCUT2D eigenvalue weighted by atomic mass is 32.1. The zero-order chi connectivity index (χ0) is 13.1. The van der Waals surface area contributed by atoms with Crippen LogP contribution in [0.25, 0.3) is 9.88 Å². The van der Waals surface area contributed by atoms with Crippen LogP contribution in [0.5, 0.6) is 0 Å². The van der Waals surface area contributed by atoms with E-state index in [0.717, 1.165) is 34.8 Å². The molecule has 0 unspecified atom stereocenters. The van der Waals surface area contributed by atoms with Gasteiger partial charge in [0.1, 0.15) is 0 Å². The van der Waals surface area contributed by atoms with Gasteiger partial charge >= 0.3 is 0 Å². The number of aryl methyl sites for hydroxylation is 1. The summed E-state index contributed by atoms with van der Waals surface area (Å²) in [5.74, 6) is 0.555. The molecule has 0 saturated heterocycles. The molecule has 6 heteroatoms. The van der Waals surface area contributed by atoms with Crippen LogP contribution in [0.4, 0.5) is 5.13 Å². The van der Waals surface area contributed by atoms with Gasteiger partial charge in [0.15, 0.2) is 5.01 Å². The van der Waals surface area contributed by atoms with Crippen LogP contribution in [0, 0.1) is 0 Å². The van der Waals surface area contributed by atoms with Crippen LogP contribution in [0.15, 0.2) is 0 Å². The lowest BCUT2D eigenvalue weighted by molar-refractivity contribution is 0.635. The molecule has 0 amide bonds. The van der Waals surface area contributed by atoms with Crippen molar-refractivity contribution in [2.45, 2.75) is 46.0 Å². The van der Waals surface area contributed by atoms with Crippen molar-refractivity contribution < 1.29 is 0 Å². The second-order valence-electron chi connectivity index (χ2n) is 4.14. The number of rotatable bonds is 5. The Hall–Kier alpha value is -1.01. The van der Waals surface area contributed by atoms with Crippen LogP contribution < -0.4 is 5.73 Å². The lowest BCUT2D eigenvalue weighted by Gasteiger charge is -2.06. The van der Waals surface area contributed by atoms with Gasteiger partial charge in [-0.25, -0.2) is 4.98 Å². The fraction of sp³-hybridized carbons (Fsp3) is 0.583. The van der Waals surface area contributed by atoms with Crippen molar-refractivity contribution in [2.24, 2.45) is 0 Å². The monoisotopic (exact) mass is 282 g/mol. The Kier molecular flexibility index (Phi) is 4.29. The van der Waals surface area contributed by atoms with Crippen LogP contribution >= 0.6 is 22.7 Å². The summed E-state index contributed by atoms with van der Waals surface area (Å²) in [5, 5.41) is 10.7. The van der Waals surface area contributed by atoms with Gasteiger partial charge in [0.2, 0.25) is 5.13 Å². The Morgan fingerprint density at radius 2 is 1.83 bits per heavy atom. The lowest BCUT2D eigenvalue weighted by Crippen LogP contribution is -1.94. The average molecular weight is 282 g/mol. The lowest BCUT2D eigenvalue weighted by atomic mass is 10.1. The van der Waals surface area contributed by atoms with Crippen LogP contribution in [0.1, 0.15) is 50.2 Å². The Morgan fingerprint density at radius 3 is 2.33 bits per heavy atom. The fourth-order valence-electron chi connectivity index (χ4n) is 1.92. The molecule has 0 aliphatic heterocycles. The molecule has 0 saturated carbocycles. The number of aromatic nitrogens is 3. The van der Waals surface area contributed by atoms with E-state index in [-0.39, 0.29) is 0 Å². The largest absolute Gasteiger partial charge is 0.374 e. The van der Waals surface area contributed by atoms with Gasteiger partial charge in [-0.15, -0.1) is 21.5 Å². The molecule has 2 rings (SSSR count). The molecule has 0 atom stereocenters. The first-order valence-corrected chi connectivity index (χ1v) is 7.91. The molecule has 0 bridgehead atoms. The minimum absolute atomic E-state index is 0.518. The summed E-state index contributed by atoms with van der Waals surface area (Å²) in [5.41, 5.74) is 6.78. The normalized spacial score (nSPS) is 11.3. The molecule has 4 nitrogen and oxygen atoms in total. The molecule has 18 heavy (non-hydrogen) atoms. The van der Waals surface area contributed by atoms with Crippen molar-refractivity contribution in [1.29, 1.82) is 0 Å². The predicted octanol–water partition coefficient (Wildman–Crippen LogP) is 3.71. The summed E-state index contributed by atoms with van der Waals surface area (Å²) in [6, 6.07) is 0. The zero-order valence-corrected chi connectivity index (χ0v) is 12.6. The molecule has 0 spiro atoms. The van der Waals surface area contributed by atoms with Crippen molar-refractivity contribution in [3.63, 3.8) is 0 Å². The van der Waals surface area contributed by atoms with Gasteiger partial charge in [-0.05, 0) is 19.3 Å². The Labute approximate surface area is 115 Å². The number of hydrogen-bond donors (Lipinski definition) is 1. The van der Waals surface area contributed by atoms with Gasteiger partial charge in [-0.1, -0.05) is 32.1 Å². The Bertz CT molecular complexity index is 514. The maximum atomic E-state index is 5.66. The van der Waals surface area contributed by atoms with E-state index in [9.17, 15) is 0 Å². The maximum Gasteiger partial charge on any atom is 0.203 e. The number of hydrogen-bond acceptors (Lipinski definition) is 6. The average Bonchev–Trinajstić information content (AvgIpc) is 2.97. The predicted molar refractivity (Wildman–Crippen MR) is 78.1 cm³/mol. The van der Waals surface area contributed by atoms with Gasteiger partial charge in [0.05, 0.1) is 15.6 Å². The third-order valence-corrected chi connectivity index (χ3v) is 5.18. The molecule has 2 aromatic heterocycles. The summed E-state index contributed by atoms with van der Waals surface area (Å²) in [6.45, 7) is 6.55. The number of thiazole rings is 1. The van der Waals surface area contributed by atoms with Crippen molar-refractivity contribution in [1.82, 2.24) is 15.2 Å². The number of nitrogen functional groups attached to an aromatic ring is 1. The van der Waals surface area contributed by atoms with Crippen molar-refractivity contribution in [3.8, 4) is 9.88 Å². The highest BCUT2D eigenvalue weighted by Gasteiger charge is 2.19. The van der Waals surface area contributed by atoms with E-state index in [1.807, 2.05) is 0 Å². The van der Waals surface area contributed by atoms with E-state index in [0.29, 0.717) is 11.0 Å². The summed E-state index contributed by atoms with van der Waals surface area (Å²) < 4.78 is 0. The molecular formula is C12H18N4S2. The van der Waals surface area contributed by atoms with Crippen LogP contribution in [0.3, 0.4) is 0 Å². The van der Waals surface area contributed by atoms with E-state index >= 15 is 0 Å². The highest BCUT2D eigenvalue weighted by molar-refractivity contribution is 7.23. The summed E-state index contributed by atoms with van der Waals surface area (Å²) in [6.07, 6.45) is 3.18. The number of nitrogens with two attached hydrogens (primary N) is 1. The molecule has 98 valence electrons. The summed E-state index contributed by atoms with van der Waals surface area (Å²) in [7, 11) is 0. The van der Waals surface area contributed by atoms with Gasteiger partial charge in [-0.2, -0.15) is 0 Å². The first kappa shape index (κ1) is 13.4. The smallest absolute Gasteiger partial charge is 0.203 e. The first-order chi connectivity index (χ1) is 8.69. The molecule has 0 aliphatic rings. The van der Waals surface area contributed by atoms with E-state index in [2.05, 4.69) is 31.0 Å². The number of nitrogens with zero attached hydrogens (tertiary/aromatic N) is 3. The Morgan fingerprint density at radius 1 is 1.11 bits per heavy atom. The second kappa shape index (κ2) is 5.75. The minimum atomic E-state index is 0.518. The topological polar surface area (TPSA) is 64.7 Å². The molecule has 2 aromatic rings. The van der Waals surface area contributed by atoms with Gasteiger partial charge in [0, 0.05) is 5.92 Å². The molecule has 2 heterocycles. The molecule has 0 radical (unpaired) electrons. The first-order valence-electron chi connectivity index (χ1n) is 6.28. The third kappa shape index (κ3) is 2.54. The van der Waals surface area contributed by atoms with Crippen molar-refractivity contribution in [3.05, 3.63) is 10.7 Å². The minimum Gasteiger partial charge on any atom is -0.374 e. The highest BCUT2D eigenvalue weighted by Crippen LogP contribution is 2.37. The Balaban J connectivity index is 2.41. The standard InChI is InChI=1S/C12H18N4S2/c1-4-7(5-2)10-14-8(6-3)9(17-10)11-15-16-12(13)18-11/h7H,4-6H2,1-3H3,(H2,13,16).